The number of halogens is 1. The maximum Gasteiger partial charge on any atom is 0.230 e. The third kappa shape index (κ3) is 3.44. The van der Waals surface area contributed by atoms with Gasteiger partial charge in [0.05, 0.1) is 22.8 Å². The number of hydrogen-bond acceptors (Lipinski definition) is 4. The molecule has 3 aromatic rings. The summed E-state index contributed by atoms with van der Waals surface area (Å²) in [6.07, 6.45) is 1.18. The molecule has 4 rings (SSSR count). The molecule has 26 heavy (non-hydrogen) atoms. The molecule has 1 aromatic heterocycles. The first-order valence-corrected chi connectivity index (χ1v) is 8.76. The van der Waals surface area contributed by atoms with E-state index in [4.69, 9.17) is 20.9 Å². The van der Waals surface area contributed by atoms with Crippen LogP contribution < -0.4 is 10.1 Å². The van der Waals surface area contributed by atoms with Crippen LogP contribution in [0.2, 0.25) is 5.02 Å². The molecule has 0 saturated carbocycles. The number of carbonyl (C=O) groups is 1. The van der Waals surface area contributed by atoms with Crippen molar-refractivity contribution in [3.63, 3.8) is 0 Å². The minimum atomic E-state index is -0.200. The van der Waals surface area contributed by atoms with E-state index in [2.05, 4.69) is 10.5 Å². The van der Waals surface area contributed by atoms with Gasteiger partial charge in [-0.1, -0.05) is 28.9 Å². The summed E-state index contributed by atoms with van der Waals surface area (Å²) in [5.41, 5.74) is 3.22. The zero-order valence-corrected chi connectivity index (χ0v) is 14.9. The first-order chi connectivity index (χ1) is 12.6. The van der Waals surface area contributed by atoms with Gasteiger partial charge in [0.15, 0.2) is 5.76 Å². The molecule has 1 N–H and O–H groups in total. The van der Waals surface area contributed by atoms with Crippen LogP contribution in [0.4, 0.5) is 5.69 Å². The molecule has 2 heterocycles. The Hall–Kier alpha value is -2.79. The SMILES string of the molecule is CC1Cc2cc(-c3cc(CC(=O)Nc4ccccc4Cl)no3)ccc2O1. The van der Waals surface area contributed by atoms with E-state index in [9.17, 15) is 4.79 Å². The zero-order valence-electron chi connectivity index (χ0n) is 14.2. The third-order valence-electron chi connectivity index (χ3n) is 4.23. The minimum Gasteiger partial charge on any atom is -0.490 e. The standard InChI is InChI=1S/C20H17ClN2O3/c1-12-8-14-9-13(6-7-18(14)25-12)19-10-15(23-26-19)11-20(24)22-17-5-3-2-4-16(17)21/h2-7,9-10,12H,8,11H2,1H3,(H,22,24). The predicted octanol–water partition coefficient (Wildman–Crippen LogP) is 4.50. The number of nitrogens with zero attached hydrogens (tertiary/aromatic N) is 1. The van der Waals surface area contributed by atoms with Crippen LogP contribution >= 0.6 is 11.6 Å². The Morgan fingerprint density at radius 3 is 2.96 bits per heavy atom. The first-order valence-electron chi connectivity index (χ1n) is 8.38. The van der Waals surface area contributed by atoms with Gasteiger partial charge in [-0.15, -0.1) is 0 Å². The van der Waals surface area contributed by atoms with Crippen LogP contribution in [0.3, 0.4) is 0 Å². The van der Waals surface area contributed by atoms with Crippen LogP contribution in [0.5, 0.6) is 5.75 Å². The smallest absolute Gasteiger partial charge is 0.230 e. The molecule has 1 atom stereocenters. The molecule has 0 bridgehead atoms. The van der Waals surface area contributed by atoms with Gasteiger partial charge in [-0.2, -0.15) is 0 Å². The maximum absolute atomic E-state index is 12.2. The summed E-state index contributed by atoms with van der Waals surface area (Å²) >= 11 is 6.05. The van der Waals surface area contributed by atoms with E-state index >= 15 is 0 Å². The number of anilines is 1. The van der Waals surface area contributed by atoms with Crippen molar-refractivity contribution in [2.75, 3.05) is 5.32 Å². The van der Waals surface area contributed by atoms with Gasteiger partial charge in [-0.05, 0) is 42.8 Å². The molecular formula is C20H17ClN2O3. The van der Waals surface area contributed by atoms with Crippen LogP contribution in [0.25, 0.3) is 11.3 Å². The highest BCUT2D eigenvalue weighted by atomic mass is 35.5. The highest BCUT2D eigenvalue weighted by Crippen LogP contribution is 2.33. The van der Waals surface area contributed by atoms with Crippen molar-refractivity contribution in [3.8, 4) is 17.1 Å². The van der Waals surface area contributed by atoms with Gasteiger partial charge in [-0.25, -0.2) is 0 Å². The van der Waals surface area contributed by atoms with Crippen molar-refractivity contribution < 1.29 is 14.1 Å². The van der Waals surface area contributed by atoms with Crippen molar-refractivity contribution in [2.45, 2.75) is 25.9 Å². The molecule has 5 nitrogen and oxygen atoms in total. The van der Waals surface area contributed by atoms with Crippen LogP contribution in [0.1, 0.15) is 18.2 Å². The summed E-state index contributed by atoms with van der Waals surface area (Å²) in [5.74, 6) is 1.35. The number of ether oxygens (including phenoxy) is 1. The number of hydrogen-bond donors (Lipinski definition) is 1. The lowest BCUT2D eigenvalue weighted by atomic mass is 10.1. The number of para-hydroxylation sites is 1. The van der Waals surface area contributed by atoms with Gasteiger partial charge >= 0.3 is 0 Å². The van der Waals surface area contributed by atoms with Gasteiger partial charge in [0.25, 0.3) is 0 Å². The molecule has 132 valence electrons. The van der Waals surface area contributed by atoms with Crippen molar-refractivity contribution in [2.24, 2.45) is 0 Å². The number of nitrogens with one attached hydrogen (secondary N) is 1. The van der Waals surface area contributed by atoms with E-state index < -0.39 is 0 Å². The molecular weight excluding hydrogens is 352 g/mol. The lowest BCUT2D eigenvalue weighted by Crippen LogP contribution is -2.14. The fourth-order valence-corrected chi connectivity index (χ4v) is 3.21. The Kier molecular flexibility index (Phi) is 4.39. The number of benzene rings is 2. The molecule has 1 amide bonds. The Labute approximate surface area is 155 Å². The fourth-order valence-electron chi connectivity index (χ4n) is 3.03. The van der Waals surface area contributed by atoms with E-state index in [-0.39, 0.29) is 18.4 Å². The van der Waals surface area contributed by atoms with E-state index in [0.29, 0.717) is 22.2 Å². The molecule has 0 radical (unpaired) electrons. The Balaban J connectivity index is 1.46. The van der Waals surface area contributed by atoms with Gasteiger partial charge in [-0.3, -0.25) is 4.79 Å². The van der Waals surface area contributed by atoms with Gasteiger partial charge in [0.1, 0.15) is 11.9 Å². The number of amides is 1. The lowest BCUT2D eigenvalue weighted by molar-refractivity contribution is -0.115. The molecule has 0 saturated heterocycles. The molecule has 0 aliphatic carbocycles. The molecule has 6 heteroatoms. The van der Waals surface area contributed by atoms with Crippen LogP contribution in [-0.2, 0) is 17.6 Å². The average Bonchev–Trinajstić information content (AvgIpc) is 3.21. The molecule has 2 aromatic carbocycles. The number of rotatable bonds is 4. The van der Waals surface area contributed by atoms with Gasteiger partial charge in [0.2, 0.25) is 5.91 Å². The second kappa shape index (κ2) is 6.84. The quantitative estimate of drug-likeness (QED) is 0.736. The largest absolute Gasteiger partial charge is 0.490 e. The highest BCUT2D eigenvalue weighted by molar-refractivity contribution is 6.33. The van der Waals surface area contributed by atoms with Gasteiger partial charge < -0.3 is 14.6 Å². The molecule has 0 spiro atoms. The number of aromatic nitrogens is 1. The van der Waals surface area contributed by atoms with Crippen molar-refractivity contribution in [1.29, 1.82) is 0 Å². The summed E-state index contributed by atoms with van der Waals surface area (Å²) in [7, 11) is 0. The van der Waals surface area contributed by atoms with Gasteiger partial charge in [0, 0.05) is 18.1 Å². The summed E-state index contributed by atoms with van der Waals surface area (Å²) in [6, 6.07) is 14.8. The number of fused-ring (bicyclic) bond motifs is 1. The third-order valence-corrected chi connectivity index (χ3v) is 4.56. The van der Waals surface area contributed by atoms with Crippen molar-refractivity contribution >= 4 is 23.2 Å². The highest BCUT2D eigenvalue weighted by Gasteiger charge is 2.20. The Morgan fingerprint density at radius 2 is 2.12 bits per heavy atom. The maximum atomic E-state index is 12.2. The Bertz CT molecular complexity index is 967. The lowest BCUT2D eigenvalue weighted by Gasteiger charge is -2.05. The van der Waals surface area contributed by atoms with E-state index in [0.717, 1.165) is 23.3 Å². The van der Waals surface area contributed by atoms with Crippen LogP contribution in [0, 0.1) is 0 Å². The van der Waals surface area contributed by atoms with Crippen molar-refractivity contribution in [1.82, 2.24) is 5.16 Å². The average molecular weight is 369 g/mol. The number of carbonyl (C=O) groups excluding carboxylic acids is 1. The van der Waals surface area contributed by atoms with E-state index in [1.807, 2.05) is 37.3 Å². The second-order valence-corrected chi connectivity index (χ2v) is 6.75. The van der Waals surface area contributed by atoms with E-state index in [1.165, 1.54) is 0 Å². The molecule has 1 unspecified atom stereocenters. The van der Waals surface area contributed by atoms with Crippen LogP contribution in [-0.4, -0.2) is 17.2 Å². The minimum absolute atomic E-state index is 0.111. The topological polar surface area (TPSA) is 64.4 Å². The first kappa shape index (κ1) is 16.7. The summed E-state index contributed by atoms with van der Waals surface area (Å²) in [6.45, 7) is 2.05. The normalized spacial score (nSPS) is 15.4. The molecule has 0 fully saturated rings. The summed E-state index contributed by atoms with van der Waals surface area (Å²) in [4.78, 5) is 12.2. The monoisotopic (exact) mass is 368 g/mol. The van der Waals surface area contributed by atoms with Crippen molar-refractivity contribution in [3.05, 3.63) is 64.8 Å². The zero-order chi connectivity index (χ0) is 18.1. The molecule has 1 aliphatic rings. The van der Waals surface area contributed by atoms with Crippen LogP contribution in [0.15, 0.2) is 53.1 Å². The molecule has 1 aliphatic heterocycles. The second-order valence-electron chi connectivity index (χ2n) is 6.34. The Morgan fingerprint density at radius 1 is 1.27 bits per heavy atom. The fraction of sp³-hybridized carbons (Fsp3) is 0.200. The predicted molar refractivity (Wildman–Crippen MR) is 99.5 cm³/mol. The summed E-state index contributed by atoms with van der Waals surface area (Å²) in [5, 5.41) is 7.28. The van der Waals surface area contributed by atoms with E-state index in [1.54, 1.807) is 18.2 Å². The summed E-state index contributed by atoms with van der Waals surface area (Å²) < 4.78 is 11.1.